The molecule has 0 bridgehead atoms. The van der Waals surface area contributed by atoms with Crippen LogP contribution in [-0.4, -0.2) is 32.9 Å². The Balaban J connectivity index is 1.72. The van der Waals surface area contributed by atoms with Gasteiger partial charge < -0.3 is 9.30 Å². The maximum Gasteiger partial charge on any atom is 0.339 e. The quantitative estimate of drug-likeness (QED) is 0.549. The number of nitrogens with zero attached hydrogens (tertiary/aromatic N) is 1. The van der Waals surface area contributed by atoms with Gasteiger partial charge in [0.25, 0.3) is 0 Å². The molecule has 1 fully saturated rings. The number of ketones is 1. The second kappa shape index (κ2) is 7.58. The van der Waals surface area contributed by atoms with E-state index in [-0.39, 0.29) is 18.0 Å². The van der Waals surface area contributed by atoms with Crippen LogP contribution in [0, 0.1) is 13.8 Å². The number of aryl methyl sites for hydroxylation is 1. The SMILES string of the molecule is CC[S@@](=O)c1ccccc1C(=O)OCC(=O)c1cc(C)n(C2CC2)c1C. The van der Waals surface area contributed by atoms with Gasteiger partial charge in [-0.15, -0.1) is 0 Å². The molecule has 1 aromatic carbocycles. The topological polar surface area (TPSA) is 65.4 Å². The number of hydrogen-bond donors (Lipinski definition) is 0. The molecule has 0 saturated heterocycles. The monoisotopic (exact) mass is 373 g/mol. The first kappa shape index (κ1) is 18.6. The molecule has 5 nitrogen and oxygen atoms in total. The Morgan fingerprint density at radius 1 is 1.19 bits per heavy atom. The predicted molar refractivity (Wildman–Crippen MR) is 100 cm³/mol. The lowest BCUT2D eigenvalue weighted by Crippen LogP contribution is -2.16. The number of hydrogen-bond acceptors (Lipinski definition) is 4. The maximum absolute atomic E-state index is 12.5. The largest absolute Gasteiger partial charge is 0.454 e. The summed E-state index contributed by atoms with van der Waals surface area (Å²) in [6, 6.07) is 9.02. The highest BCUT2D eigenvalue weighted by molar-refractivity contribution is 7.85. The minimum Gasteiger partial charge on any atom is -0.454 e. The number of aromatic nitrogens is 1. The average Bonchev–Trinajstić information content (AvgIpc) is 3.43. The molecular formula is C20H23NO4S. The van der Waals surface area contributed by atoms with Crippen LogP contribution in [0.5, 0.6) is 0 Å². The summed E-state index contributed by atoms with van der Waals surface area (Å²) in [5.74, 6) is -0.421. The Labute approximate surface area is 155 Å². The van der Waals surface area contributed by atoms with Gasteiger partial charge in [0.05, 0.1) is 21.3 Å². The van der Waals surface area contributed by atoms with Gasteiger partial charge in [0.1, 0.15) is 0 Å². The van der Waals surface area contributed by atoms with E-state index in [1.54, 1.807) is 31.2 Å². The molecule has 1 atom stereocenters. The molecule has 6 heteroatoms. The van der Waals surface area contributed by atoms with Crippen molar-refractivity contribution in [1.29, 1.82) is 0 Å². The fourth-order valence-electron chi connectivity index (χ4n) is 3.23. The number of ether oxygens (including phenoxy) is 1. The van der Waals surface area contributed by atoms with Crippen molar-refractivity contribution in [2.75, 3.05) is 12.4 Å². The zero-order valence-corrected chi connectivity index (χ0v) is 16.1. The average molecular weight is 373 g/mol. The van der Waals surface area contributed by atoms with Gasteiger partial charge in [0, 0.05) is 28.7 Å². The summed E-state index contributed by atoms with van der Waals surface area (Å²) in [5.41, 5.74) is 2.85. The van der Waals surface area contributed by atoms with E-state index in [0.29, 0.717) is 22.3 Å². The summed E-state index contributed by atoms with van der Waals surface area (Å²) in [6.07, 6.45) is 2.29. The molecule has 1 aliphatic carbocycles. The zero-order chi connectivity index (χ0) is 18.8. The number of Topliss-reactive ketones (excluding diaryl/α,β-unsaturated/α-hetero) is 1. The van der Waals surface area contributed by atoms with E-state index in [9.17, 15) is 13.8 Å². The third kappa shape index (κ3) is 3.65. The molecule has 1 heterocycles. The molecule has 0 amide bonds. The summed E-state index contributed by atoms with van der Waals surface area (Å²) < 4.78 is 19.5. The highest BCUT2D eigenvalue weighted by Gasteiger charge is 2.28. The van der Waals surface area contributed by atoms with E-state index >= 15 is 0 Å². The number of rotatable bonds is 7. The highest BCUT2D eigenvalue weighted by Crippen LogP contribution is 2.38. The molecule has 1 aliphatic rings. The van der Waals surface area contributed by atoms with Crippen molar-refractivity contribution in [2.24, 2.45) is 0 Å². The fraction of sp³-hybridized carbons (Fsp3) is 0.400. The second-order valence-corrected chi connectivity index (χ2v) is 8.22. The molecule has 1 saturated carbocycles. The molecule has 3 rings (SSSR count). The summed E-state index contributed by atoms with van der Waals surface area (Å²) >= 11 is 0. The maximum atomic E-state index is 12.5. The fourth-order valence-corrected chi connectivity index (χ4v) is 4.17. The Bertz CT molecular complexity index is 880. The normalized spacial score (nSPS) is 14.9. The van der Waals surface area contributed by atoms with Crippen molar-refractivity contribution in [3.8, 4) is 0 Å². The summed E-state index contributed by atoms with van der Waals surface area (Å²) in [4.78, 5) is 25.4. The molecule has 0 aliphatic heterocycles. The molecule has 1 aromatic heterocycles. The van der Waals surface area contributed by atoms with Gasteiger partial charge in [-0.2, -0.15) is 0 Å². The standard InChI is InChI=1S/C20H23NO4S/c1-4-26(24)19-8-6-5-7-16(19)20(23)25-12-18(22)17-11-13(2)21(14(17)3)15-9-10-15/h5-8,11,15H,4,9-10,12H2,1-3H3/t26-/m1/s1. The molecule has 0 spiro atoms. The van der Waals surface area contributed by atoms with E-state index in [1.807, 2.05) is 19.9 Å². The Morgan fingerprint density at radius 2 is 1.88 bits per heavy atom. The predicted octanol–water partition coefficient (Wildman–Crippen LogP) is 3.61. The van der Waals surface area contributed by atoms with Gasteiger partial charge in [0.15, 0.2) is 6.61 Å². The molecule has 0 unspecified atom stereocenters. The Morgan fingerprint density at radius 3 is 2.54 bits per heavy atom. The van der Waals surface area contributed by atoms with E-state index in [0.717, 1.165) is 24.2 Å². The van der Waals surface area contributed by atoms with Gasteiger partial charge >= 0.3 is 5.97 Å². The van der Waals surface area contributed by atoms with Crippen LogP contribution < -0.4 is 0 Å². The van der Waals surface area contributed by atoms with Crippen molar-refractivity contribution in [3.05, 3.63) is 52.8 Å². The number of carbonyl (C=O) groups is 2. The van der Waals surface area contributed by atoms with Crippen LogP contribution in [0.15, 0.2) is 35.2 Å². The molecule has 0 N–H and O–H groups in total. The smallest absolute Gasteiger partial charge is 0.339 e. The first-order valence-corrected chi connectivity index (χ1v) is 10.1. The molecule has 2 aromatic rings. The van der Waals surface area contributed by atoms with Crippen molar-refractivity contribution in [3.63, 3.8) is 0 Å². The van der Waals surface area contributed by atoms with Crippen molar-refractivity contribution < 1.29 is 18.5 Å². The lowest BCUT2D eigenvalue weighted by atomic mass is 10.1. The Kier molecular flexibility index (Phi) is 5.41. The van der Waals surface area contributed by atoms with E-state index < -0.39 is 16.8 Å². The van der Waals surface area contributed by atoms with Gasteiger partial charge in [0.2, 0.25) is 5.78 Å². The van der Waals surface area contributed by atoms with Crippen molar-refractivity contribution in [2.45, 2.75) is 44.6 Å². The van der Waals surface area contributed by atoms with Gasteiger partial charge in [-0.3, -0.25) is 9.00 Å². The lowest BCUT2D eigenvalue weighted by molar-refractivity contribution is 0.0471. The van der Waals surface area contributed by atoms with Crippen LogP contribution in [0.3, 0.4) is 0 Å². The van der Waals surface area contributed by atoms with Gasteiger partial charge in [-0.05, 0) is 44.9 Å². The third-order valence-electron chi connectivity index (χ3n) is 4.65. The van der Waals surface area contributed by atoms with Crippen LogP contribution in [-0.2, 0) is 15.5 Å². The summed E-state index contributed by atoms with van der Waals surface area (Å²) in [5, 5.41) is 0. The summed E-state index contributed by atoms with van der Waals surface area (Å²) in [6.45, 7) is 5.39. The summed E-state index contributed by atoms with van der Waals surface area (Å²) in [7, 11) is -1.26. The van der Waals surface area contributed by atoms with E-state index in [2.05, 4.69) is 4.57 Å². The van der Waals surface area contributed by atoms with Crippen LogP contribution in [0.4, 0.5) is 0 Å². The van der Waals surface area contributed by atoms with Crippen LogP contribution in [0.2, 0.25) is 0 Å². The van der Waals surface area contributed by atoms with E-state index in [4.69, 9.17) is 4.74 Å². The highest BCUT2D eigenvalue weighted by atomic mass is 32.2. The van der Waals surface area contributed by atoms with E-state index in [1.165, 1.54) is 0 Å². The minimum atomic E-state index is -1.26. The first-order chi connectivity index (χ1) is 12.4. The zero-order valence-electron chi connectivity index (χ0n) is 15.3. The lowest BCUT2D eigenvalue weighted by Gasteiger charge is -2.09. The van der Waals surface area contributed by atoms with Gasteiger partial charge in [-0.25, -0.2) is 4.79 Å². The van der Waals surface area contributed by atoms with Crippen molar-refractivity contribution >= 4 is 22.6 Å². The Hall–Kier alpha value is -2.21. The van der Waals surface area contributed by atoms with Crippen LogP contribution in [0.1, 0.15) is 57.9 Å². The molecule has 26 heavy (non-hydrogen) atoms. The van der Waals surface area contributed by atoms with Crippen molar-refractivity contribution in [1.82, 2.24) is 4.57 Å². The number of esters is 1. The van der Waals surface area contributed by atoms with Crippen LogP contribution >= 0.6 is 0 Å². The second-order valence-electron chi connectivity index (χ2n) is 6.52. The molecular weight excluding hydrogens is 350 g/mol. The molecule has 138 valence electrons. The molecule has 0 radical (unpaired) electrons. The minimum absolute atomic E-state index is 0.215. The number of benzene rings is 1. The third-order valence-corrected chi connectivity index (χ3v) is 6.02. The first-order valence-electron chi connectivity index (χ1n) is 8.80. The van der Waals surface area contributed by atoms with Gasteiger partial charge in [-0.1, -0.05) is 19.1 Å². The number of carbonyl (C=O) groups excluding carboxylic acids is 2. The van der Waals surface area contributed by atoms with Crippen LogP contribution in [0.25, 0.3) is 0 Å².